The summed E-state index contributed by atoms with van der Waals surface area (Å²) in [6.07, 6.45) is 0. The van der Waals surface area contributed by atoms with Gasteiger partial charge < -0.3 is 4.74 Å². The van der Waals surface area contributed by atoms with Crippen LogP contribution in [0.1, 0.15) is 5.56 Å². The minimum absolute atomic E-state index is 0.152. The highest BCUT2D eigenvalue weighted by atomic mass is 35.5. The quantitative estimate of drug-likeness (QED) is 0.652. The molecule has 1 aromatic rings. The first-order valence-electron chi connectivity index (χ1n) is 3.19. The third-order valence-electron chi connectivity index (χ3n) is 1.36. The Morgan fingerprint density at radius 2 is 2.18 bits per heavy atom. The van der Waals surface area contributed by atoms with Crippen LogP contribution in [0.2, 0.25) is 5.02 Å². The van der Waals surface area contributed by atoms with Crippen LogP contribution in [0.4, 0.5) is 0 Å². The molecule has 60 valence electrons. The van der Waals surface area contributed by atoms with Gasteiger partial charge in [-0.1, -0.05) is 29.3 Å². The standard InChI is InChI=1S/C8H8Cl2O/c1-6-2-3-7(11-5-9)4-8(6)10/h2-4H,5H2,1H3. The summed E-state index contributed by atoms with van der Waals surface area (Å²) in [4.78, 5) is 0. The molecule has 0 unspecified atom stereocenters. The van der Waals surface area contributed by atoms with Gasteiger partial charge in [0.05, 0.1) is 0 Å². The van der Waals surface area contributed by atoms with E-state index in [1.165, 1.54) is 0 Å². The number of alkyl halides is 1. The van der Waals surface area contributed by atoms with Crippen molar-refractivity contribution in [2.24, 2.45) is 0 Å². The van der Waals surface area contributed by atoms with Crippen LogP contribution in [-0.2, 0) is 0 Å². The molecule has 1 rings (SSSR count). The molecule has 0 aliphatic heterocycles. The van der Waals surface area contributed by atoms with Gasteiger partial charge in [-0.25, -0.2) is 0 Å². The molecule has 0 spiro atoms. The SMILES string of the molecule is Cc1ccc(OCCl)cc1Cl. The second-order valence-electron chi connectivity index (χ2n) is 2.16. The van der Waals surface area contributed by atoms with Crippen molar-refractivity contribution >= 4 is 23.2 Å². The van der Waals surface area contributed by atoms with E-state index in [4.69, 9.17) is 27.9 Å². The molecule has 0 aliphatic carbocycles. The maximum Gasteiger partial charge on any atom is 0.162 e. The van der Waals surface area contributed by atoms with Gasteiger partial charge in [0, 0.05) is 5.02 Å². The zero-order chi connectivity index (χ0) is 8.27. The van der Waals surface area contributed by atoms with E-state index in [-0.39, 0.29) is 6.07 Å². The molecule has 11 heavy (non-hydrogen) atoms. The molecule has 3 heteroatoms. The van der Waals surface area contributed by atoms with Gasteiger partial charge in [0.2, 0.25) is 0 Å². The van der Waals surface area contributed by atoms with E-state index >= 15 is 0 Å². The van der Waals surface area contributed by atoms with Crippen LogP contribution in [0, 0.1) is 6.92 Å². The highest BCUT2D eigenvalue weighted by Crippen LogP contribution is 2.21. The molecule has 0 aliphatic rings. The number of ether oxygens (including phenoxy) is 1. The molecule has 1 nitrogen and oxygen atoms in total. The van der Waals surface area contributed by atoms with Crippen LogP contribution < -0.4 is 4.74 Å². The average Bonchev–Trinajstić information content (AvgIpc) is 1.98. The minimum atomic E-state index is 0.152. The molecular formula is C8H8Cl2O. The van der Waals surface area contributed by atoms with Gasteiger partial charge in [0.25, 0.3) is 0 Å². The molecule has 0 heterocycles. The van der Waals surface area contributed by atoms with Crippen LogP contribution in [0.3, 0.4) is 0 Å². The maximum atomic E-state index is 5.83. The van der Waals surface area contributed by atoms with Gasteiger partial charge in [0.1, 0.15) is 5.75 Å². The molecule has 0 amide bonds. The molecule has 0 bridgehead atoms. The predicted octanol–water partition coefficient (Wildman–Crippen LogP) is 3.22. The first-order valence-corrected chi connectivity index (χ1v) is 4.10. The van der Waals surface area contributed by atoms with Crippen molar-refractivity contribution in [3.05, 3.63) is 28.8 Å². The highest BCUT2D eigenvalue weighted by molar-refractivity contribution is 6.31. The van der Waals surface area contributed by atoms with Gasteiger partial charge in [-0.05, 0) is 24.6 Å². The first-order chi connectivity index (χ1) is 5.24. The molecule has 0 N–H and O–H groups in total. The number of hydrogen-bond donors (Lipinski definition) is 0. The number of rotatable bonds is 2. The lowest BCUT2D eigenvalue weighted by atomic mass is 10.2. The van der Waals surface area contributed by atoms with E-state index in [1.807, 2.05) is 19.1 Å². The number of hydrogen-bond acceptors (Lipinski definition) is 1. The average molecular weight is 191 g/mol. The lowest BCUT2D eigenvalue weighted by molar-refractivity contribution is 0.388. The van der Waals surface area contributed by atoms with Gasteiger partial charge in [-0.3, -0.25) is 0 Å². The van der Waals surface area contributed by atoms with Gasteiger partial charge in [-0.2, -0.15) is 0 Å². The molecular weight excluding hydrogens is 183 g/mol. The zero-order valence-corrected chi connectivity index (χ0v) is 7.62. The van der Waals surface area contributed by atoms with E-state index in [2.05, 4.69) is 0 Å². The highest BCUT2D eigenvalue weighted by Gasteiger charge is 1.96. The molecule has 0 atom stereocenters. The van der Waals surface area contributed by atoms with Gasteiger partial charge >= 0.3 is 0 Å². The fraction of sp³-hybridized carbons (Fsp3) is 0.250. The van der Waals surface area contributed by atoms with Crippen LogP contribution in [-0.4, -0.2) is 6.07 Å². The van der Waals surface area contributed by atoms with E-state index < -0.39 is 0 Å². The topological polar surface area (TPSA) is 9.23 Å². The summed E-state index contributed by atoms with van der Waals surface area (Å²) in [5, 5.41) is 0.701. The second kappa shape index (κ2) is 3.84. The Bertz CT molecular complexity index is 248. The summed E-state index contributed by atoms with van der Waals surface area (Å²) in [6, 6.07) is 5.63. The number of benzene rings is 1. The van der Waals surface area contributed by atoms with Crippen LogP contribution in [0.5, 0.6) is 5.75 Å². The summed E-state index contributed by atoms with van der Waals surface area (Å²) < 4.78 is 5.02. The first kappa shape index (κ1) is 8.69. The lowest BCUT2D eigenvalue weighted by Crippen LogP contribution is -1.88. The van der Waals surface area contributed by atoms with Crippen LogP contribution >= 0.6 is 23.2 Å². The summed E-state index contributed by atoms with van der Waals surface area (Å²) in [7, 11) is 0. The summed E-state index contributed by atoms with van der Waals surface area (Å²) >= 11 is 11.2. The van der Waals surface area contributed by atoms with Crippen molar-refractivity contribution in [1.29, 1.82) is 0 Å². The smallest absolute Gasteiger partial charge is 0.162 e. The Hall–Kier alpha value is -0.400. The summed E-state index contributed by atoms with van der Waals surface area (Å²) in [5.41, 5.74) is 1.04. The normalized spacial score (nSPS) is 9.73. The largest absolute Gasteiger partial charge is 0.478 e. The summed E-state index contributed by atoms with van der Waals surface area (Å²) in [6.45, 7) is 1.94. The van der Waals surface area contributed by atoms with Crippen LogP contribution in [0.25, 0.3) is 0 Å². The third-order valence-corrected chi connectivity index (χ3v) is 1.88. The molecule has 0 fully saturated rings. The van der Waals surface area contributed by atoms with E-state index in [0.29, 0.717) is 10.8 Å². The summed E-state index contributed by atoms with van der Waals surface area (Å²) in [5.74, 6) is 0.704. The van der Waals surface area contributed by atoms with E-state index in [9.17, 15) is 0 Å². The monoisotopic (exact) mass is 190 g/mol. The fourth-order valence-corrected chi connectivity index (χ4v) is 1.02. The second-order valence-corrected chi connectivity index (χ2v) is 2.79. The van der Waals surface area contributed by atoms with Crippen molar-refractivity contribution in [3.8, 4) is 5.75 Å². The van der Waals surface area contributed by atoms with E-state index in [1.54, 1.807) is 6.07 Å². The molecule has 0 radical (unpaired) electrons. The van der Waals surface area contributed by atoms with Crippen molar-refractivity contribution in [1.82, 2.24) is 0 Å². The van der Waals surface area contributed by atoms with Crippen LogP contribution in [0.15, 0.2) is 18.2 Å². The molecule has 1 aromatic carbocycles. The third kappa shape index (κ3) is 2.28. The van der Waals surface area contributed by atoms with Gasteiger partial charge in [-0.15, -0.1) is 0 Å². The lowest BCUT2D eigenvalue weighted by Gasteiger charge is -2.02. The number of halogens is 2. The Balaban J connectivity index is 2.86. The molecule has 0 aromatic heterocycles. The molecule has 0 saturated carbocycles. The predicted molar refractivity (Wildman–Crippen MR) is 47.5 cm³/mol. The Labute approximate surface area is 75.9 Å². The zero-order valence-electron chi connectivity index (χ0n) is 6.10. The molecule has 0 saturated heterocycles. The van der Waals surface area contributed by atoms with Crippen molar-refractivity contribution in [2.45, 2.75) is 6.92 Å². The van der Waals surface area contributed by atoms with Gasteiger partial charge in [0.15, 0.2) is 6.07 Å². The van der Waals surface area contributed by atoms with Crippen molar-refractivity contribution < 1.29 is 4.74 Å². The minimum Gasteiger partial charge on any atom is -0.478 e. The van der Waals surface area contributed by atoms with E-state index in [0.717, 1.165) is 5.56 Å². The van der Waals surface area contributed by atoms with Crippen molar-refractivity contribution in [2.75, 3.05) is 6.07 Å². The fourth-order valence-electron chi connectivity index (χ4n) is 0.726. The Kier molecular flexibility index (Phi) is 3.03. The maximum absolute atomic E-state index is 5.83. The van der Waals surface area contributed by atoms with Crippen molar-refractivity contribution in [3.63, 3.8) is 0 Å². The Morgan fingerprint density at radius 1 is 1.45 bits per heavy atom. The number of aryl methyl sites for hydroxylation is 1. The Morgan fingerprint density at radius 3 is 2.73 bits per heavy atom.